The van der Waals surface area contributed by atoms with Gasteiger partial charge < -0.3 is 14.2 Å². The van der Waals surface area contributed by atoms with Gasteiger partial charge in [-0.1, -0.05) is 243 Å². The molecule has 0 radical (unpaired) electrons. The maximum atomic E-state index is 12.8. The minimum Gasteiger partial charge on any atom is -0.462 e. The molecule has 0 heterocycles. The van der Waals surface area contributed by atoms with Crippen molar-refractivity contribution in [3.8, 4) is 0 Å². The topological polar surface area (TPSA) is 61.8 Å². The molecule has 0 aromatic heterocycles. The average Bonchev–Trinajstić information content (AvgIpc) is 3.27. The normalized spacial score (nSPS) is 12.4. The molecule has 0 aromatic carbocycles. The van der Waals surface area contributed by atoms with E-state index in [1.165, 1.54) is 193 Å². The Bertz CT molecular complexity index is 986. The van der Waals surface area contributed by atoms with Crippen molar-refractivity contribution in [1.82, 2.24) is 0 Å². The Labute approximate surface area is 387 Å². The van der Waals surface area contributed by atoms with E-state index in [0.717, 1.165) is 64.2 Å². The number of rotatable bonds is 51. The van der Waals surface area contributed by atoms with Crippen molar-refractivity contribution in [2.45, 2.75) is 297 Å². The second-order valence-corrected chi connectivity index (χ2v) is 18.5. The largest absolute Gasteiger partial charge is 0.462 e. The van der Waals surface area contributed by atoms with Gasteiger partial charge in [0, 0.05) is 19.4 Å². The zero-order valence-corrected chi connectivity index (χ0v) is 41.9. The number of allylic oxidation sites excluding steroid dienone is 6. The van der Waals surface area contributed by atoms with Crippen LogP contribution in [0.2, 0.25) is 0 Å². The molecule has 5 heteroatoms. The monoisotopic (exact) mass is 871 g/mol. The molecule has 1 atom stereocenters. The smallest absolute Gasteiger partial charge is 0.306 e. The molecule has 0 aromatic rings. The number of ether oxygens (including phenoxy) is 3. The highest BCUT2D eigenvalue weighted by Gasteiger charge is 2.17. The summed E-state index contributed by atoms with van der Waals surface area (Å²) >= 11 is 0. The third-order valence-corrected chi connectivity index (χ3v) is 12.1. The molecule has 0 saturated carbocycles. The van der Waals surface area contributed by atoms with Gasteiger partial charge in [0.05, 0.1) is 6.61 Å². The van der Waals surface area contributed by atoms with Crippen molar-refractivity contribution in [3.63, 3.8) is 0 Å². The summed E-state index contributed by atoms with van der Waals surface area (Å²) in [5, 5.41) is 0. The summed E-state index contributed by atoms with van der Waals surface area (Å²) in [6, 6.07) is 0. The van der Waals surface area contributed by atoms with Gasteiger partial charge in [0.1, 0.15) is 6.61 Å². The van der Waals surface area contributed by atoms with E-state index < -0.39 is 6.10 Å². The lowest BCUT2D eigenvalue weighted by Crippen LogP contribution is -2.30. The molecule has 5 nitrogen and oxygen atoms in total. The number of esters is 2. The highest BCUT2D eigenvalue weighted by molar-refractivity contribution is 5.70. The Morgan fingerprint density at radius 1 is 0.355 bits per heavy atom. The predicted molar refractivity (Wildman–Crippen MR) is 270 cm³/mol. The van der Waals surface area contributed by atoms with E-state index in [4.69, 9.17) is 14.2 Å². The van der Waals surface area contributed by atoms with Crippen LogP contribution >= 0.6 is 0 Å². The molecule has 62 heavy (non-hydrogen) atoms. The lowest BCUT2D eigenvalue weighted by atomic mass is 10.0. The minimum atomic E-state index is -0.541. The van der Waals surface area contributed by atoms with Crippen molar-refractivity contribution in [1.29, 1.82) is 0 Å². The second-order valence-electron chi connectivity index (χ2n) is 18.5. The first-order chi connectivity index (χ1) is 30.6. The molecule has 0 fully saturated rings. The van der Waals surface area contributed by atoms with Crippen LogP contribution in [0.15, 0.2) is 36.5 Å². The number of unbranched alkanes of at least 4 members (excludes halogenated alkanes) is 34. The maximum Gasteiger partial charge on any atom is 0.306 e. The summed E-state index contributed by atoms with van der Waals surface area (Å²) in [5.74, 6) is -0.410. The fourth-order valence-corrected chi connectivity index (χ4v) is 7.99. The van der Waals surface area contributed by atoms with E-state index in [-0.39, 0.29) is 25.2 Å². The van der Waals surface area contributed by atoms with Crippen molar-refractivity contribution in [2.75, 3.05) is 19.8 Å². The molecule has 0 aliphatic rings. The summed E-state index contributed by atoms with van der Waals surface area (Å²) in [4.78, 5) is 25.4. The van der Waals surface area contributed by atoms with Crippen LogP contribution in [0.25, 0.3) is 0 Å². The van der Waals surface area contributed by atoms with Crippen LogP contribution in [0.4, 0.5) is 0 Å². The SMILES string of the molecule is CCCC/C=C\CCCCCCCC(=O)OC(COCCCCCCCCCCCCCCCCCCCCCC)COC(=O)CCCCCCC/C=C\C/C=C\CCCCC. The molecule has 0 spiro atoms. The Morgan fingerprint density at radius 2 is 0.694 bits per heavy atom. The molecule has 0 rings (SSSR count). The van der Waals surface area contributed by atoms with Gasteiger partial charge in [0.2, 0.25) is 0 Å². The molecular weight excluding hydrogens is 765 g/mol. The van der Waals surface area contributed by atoms with Crippen LogP contribution in [0.1, 0.15) is 290 Å². The Kier molecular flexibility index (Phi) is 51.8. The number of hydrogen-bond acceptors (Lipinski definition) is 5. The first-order valence-electron chi connectivity index (χ1n) is 27.5. The third kappa shape index (κ3) is 50.8. The average molecular weight is 871 g/mol. The lowest BCUT2D eigenvalue weighted by molar-refractivity contribution is -0.163. The van der Waals surface area contributed by atoms with Crippen LogP contribution in [-0.2, 0) is 23.8 Å². The van der Waals surface area contributed by atoms with Crippen LogP contribution in [-0.4, -0.2) is 37.9 Å². The summed E-state index contributed by atoms with van der Waals surface area (Å²) in [6.45, 7) is 7.79. The molecule has 0 bridgehead atoms. The van der Waals surface area contributed by atoms with Crippen molar-refractivity contribution in [2.24, 2.45) is 0 Å². The number of hydrogen-bond donors (Lipinski definition) is 0. The van der Waals surface area contributed by atoms with Gasteiger partial charge in [-0.3, -0.25) is 9.59 Å². The van der Waals surface area contributed by atoms with E-state index in [9.17, 15) is 9.59 Å². The molecule has 364 valence electrons. The van der Waals surface area contributed by atoms with Gasteiger partial charge >= 0.3 is 11.9 Å². The zero-order valence-electron chi connectivity index (χ0n) is 41.9. The lowest BCUT2D eigenvalue weighted by Gasteiger charge is -2.18. The van der Waals surface area contributed by atoms with E-state index in [1.54, 1.807) is 0 Å². The van der Waals surface area contributed by atoms with Crippen LogP contribution in [0, 0.1) is 0 Å². The Balaban J connectivity index is 4.18. The summed E-state index contributed by atoms with van der Waals surface area (Å²) in [5.41, 5.74) is 0. The highest BCUT2D eigenvalue weighted by atomic mass is 16.6. The summed E-state index contributed by atoms with van der Waals surface area (Å²) < 4.78 is 17.4. The molecule has 0 aliphatic carbocycles. The second kappa shape index (κ2) is 53.5. The van der Waals surface area contributed by atoms with Gasteiger partial charge in [0.25, 0.3) is 0 Å². The summed E-state index contributed by atoms with van der Waals surface area (Å²) in [6.07, 6.45) is 64.5. The van der Waals surface area contributed by atoms with Crippen molar-refractivity contribution >= 4 is 11.9 Å². The predicted octanol–water partition coefficient (Wildman–Crippen LogP) is 18.6. The van der Waals surface area contributed by atoms with Crippen LogP contribution < -0.4 is 0 Å². The number of carbonyl (C=O) groups is 2. The first kappa shape index (κ1) is 60.1. The van der Waals surface area contributed by atoms with Gasteiger partial charge in [-0.05, 0) is 70.6 Å². The molecule has 1 unspecified atom stereocenters. The van der Waals surface area contributed by atoms with Crippen LogP contribution in [0.3, 0.4) is 0 Å². The quantitative estimate of drug-likeness (QED) is 0.0346. The van der Waals surface area contributed by atoms with Gasteiger partial charge in [0.15, 0.2) is 6.10 Å². The highest BCUT2D eigenvalue weighted by Crippen LogP contribution is 2.16. The van der Waals surface area contributed by atoms with E-state index in [2.05, 4.69) is 57.2 Å². The first-order valence-corrected chi connectivity index (χ1v) is 27.5. The Morgan fingerprint density at radius 3 is 1.16 bits per heavy atom. The molecular formula is C57H106O5. The third-order valence-electron chi connectivity index (χ3n) is 12.1. The number of carbonyl (C=O) groups excluding carboxylic acids is 2. The van der Waals surface area contributed by atoms with Gasteiger partial charge in [-0.2, -0.15) is 0 Å². The minimum absolute atomic E-state index is 0.0792. The van der Waals surface area contributed by atoms with E-state index >= 15 is 0 Å². The molecule has 0 aliphatic heterocycles. The molecule has 0 saturated heterocycles. The van der Waals surface area contributed by atoms with Gasteiger partial charge in [-0.15, -0.1) is 0 Å². The summed E-state index contributed by atoms with van der Waals surface area (Å²) in [7, 11) is 0. The Hall–Kier alpha value is -1.88. The fraction of sp³-hybridized carbons (Fsp3) is 0.860. The molecule has 0 N–H and O–H groups in total. The zero-order chi connectivity index (χ0) is 44.9. The van der Waals surface area contributed by atoms with Crippen molar-refractivity contribution in [3.05, 3.63) is 36.5 Å². The molecule has 0 amide bonds. The standard InChI is InChI=1S/C57H106O5/c1-4-7-10-13-16-19-22-24-26-27-28-29-30-32-34-37-40-43-46-49-52-60-53-55(62-57(59)51-48-45-42-39-35-21-18-15-12-9-6-3)54-61-56(58)50-47-44-41-38-36-33-31-25-23-20-17-14-11-8-5-2/h15,17-18,20,25,31,55H,4-14,16,19,21-24,26-30,32-54H2,1-3H3/b18-15-,20-17-,31-25-. The van der Waals surface area contributed by atoms with Crippen LogP contribution in [0.5, 0.6) is 0 Å². The van der Waals surface area contributed by atoms with E-state index in [1.807, 2.05) is 0 Å². The van der Waals surface area contributed by atoms with Gasteiger partial charge in [-0.25, -0.2) is 0 Å². The maximum absolute atomic E-state index is 12.8. The van der Waals surface area contributed by atoms with E-state index in [0.29, 0.717) is 19.4 Å². The van der Waals surface area contributed by atoms with Crippen molar-refractivity contribution < 1.29 is 23.8 Å². The fourth-order valence-electron chi connectivity index (χ4n) is 7.99.